The summed E-state index contributed by atoms with van der Waals surface area (Å²) in [4.78, 5) is 10.6. The molecule has 1 fully saturated rings. The van der Waals surface area contributed by atoms with Gasteiger partial charge in [-0.05, 0) is 46.3 Å². The number of hydrogen-bond donors (Lipinski definition) is 1. The molecule has 1 saturated carbocycles. The van der Waals surface area contributed by atoms with Crippen LogP contribution in [0.25, 0.3) is 0 Å². The Morgan fingerprint density at radius 1 is 1.35 bits per heavy atom. The number of benzene rings is 1. The zero-order valence-electron chi connectivity index (χ0n) is 11.8. The summed E-state index contributed by atoms with van der Waals surface area (Å²) >= 11 is 3.22. The van der Waals surface area contributed by atoms with Gasteiger partial charge >= 0.3 is 0 Å². The van der Waals surface area contributed by atoms with Gasteiger partial charge in [0.15, 0.2) is 0 Å². The summed E-state index contributed by atoms with van der Waals surface area (Å²) in [6.45, 7) is 3.00. The van der Waals surface area contributed by atoms with Crippen LogP contribution in [0.15, 0.2) is 22.7 Å². The van der Waals surface area contributed by atoms with Gasteiger partial charge in [0, 0.05) is 18.7 Å². The van der Waals surface area contributed by atoms with Crippen LogP contribution in [0.1, 0.15) is 44.6 Å². The van der Waals surface area contributed by atoms with E-state index in [1.54, 1.807) is 12.1 Å². The lowest BCUT2D eigenvalue weighted by atomic mass is 9.97. The maximum absolute atomic E-state index is 10.9. The Morgan fingerprint density at radius 3 is 2.85 bits per heavy atom. The van der Waals surface area contributed by atoms with E-state index in [4.69, 9.17) is 0 Å². The van der Waals surface area contributed by atoms with Crippen molar-refractivity contribution in [3.05, 3.63) is 38.3 Å². The maximum atomic E-state index is 10.9. The fourth-order valence-electron chi connectivity index (χ4n) is 2.85. The first kappa shape index (κ1) is 15.4. The normalized spacial score (nSPS) is 23.3. The predicted octanol–water partition coefficient (Wildman–Crippen LogP) is 4.42. The third-order valence-electron chi connectivity index (χ3n) is 4.14. The molecule has 1 aromatic rings. The lowest BCUT2D eigenvalue weighted by molar-refractivity contribution is -0.385. The molecule has 0 aliphatic heterocycles. The minimum Gasteiger partial charge on any atom is -0.310 e. The molecular weight excluding hydrogens is 320 g/mol. The molecule has 5 heteroatoms. The molecule has 0 saturated heterocycles. The van der Waals surface area contributed by atoms with Crippen molar-refractivity contribution in [2.45, 2.75) is 51.6 Å². The highest BCUT2D eigenvalue weighted by atomic mass is 79.9. The Morgan fingerprint density at radius 2 is 2.10 bits per heavy atom. The third-order valence-corrected chi connectivity index (χ3v) is 4.81. The second-order valence-electron chi connectivity index (χ2n) is 5.65. The molecule has 2 rings (SSSR count). The van der Waals surface area contributed by atoms with Crippen molar-refractivity contribution in [3.63, 3.8) is 0 Å². The highest BCUT2D eigenvalue weighted by Crippen LogP contribution is 2.26. The molecule has 0 radical (unpaired) electrons. The highest BCUT2D eigenvalue weighted by Gasteiger charge is 2.19. The molecule has 0 aromatic heterocycles. The van der Waals surface area contributed by atoms with Gasteiger partial charge in [-0.1, -0.05) is 32.3 Å². The zero-order valence-corrected chi connectivity index (χ0v) is 13.4. The van der Waals surface area contributed by atoms with Crippen LogP contribution < -0.4 is 5.32 Å². The standard InChI is InChI=1S/C15H21BrN2O2/c1-11-5-3-2-4-6-14(11)17-10-12-7-8-13(16)15(9-12)18(19)20/h7-9,11,14,17H,2-6,10H2,1H3. The van der Waals surface area contributed by atoms with Gasteiger partial charge in [0.05, 0.1) is 9.40 Å². The van der Waals surface area contributed by atoms with Crippen molar-refractivity contribution in [1.29, 1.82) is 0 Å². The van der Waals surface area contributed by atoms with Gasteiger partial charge in [-0.15, -0.1) is 0 Å². The summed E-state index contributed by atoms with van der Waals surface area (Å²) in [7, 11) is 0. The number of halogens is 1. The summed E-state index contributed by atoms with van der Waals surface area (Å²) in [6.07, 6.45) is 6.41. The molecule has 0 bridgehead atoms. The lowest BCUT2D eigenvalue weighted by Crippen LogP contribution is -2.33. The molecule has 1 aromatic carbocycles. The van der Waals surface area contributed by atoms with Crippen LogP contribution in [0, 0.1) is 16.0 Å². The van der Waals surface area contributed by atoms with E-state index in [1.807, 2.05) is 6.07 Å². The van der Waals surface area contributed by atoms with Gasteiger partial charge in [-0.2, -0.15) is 0 Å². The van der Waals surface area contributed by atoms with E-state index >= 15 is 0 Å². The van der Waals surface area contributed by atoms with Crippen molar-refractivity contribution in [2.75, 3.05) is 0 Å². The van der Waals surface area contributed by atoms with Gasteiger partial charge in [0.1, 0.15) is 0 Å². The van der Waals surface area contributed by atoms with Gasteiger partial charge in [0.2, 0.25) is 0 Å². The monoisotopic (exact) mass is 340 g/mol. The minimum absolute atomic E-state index is 0.137. The van der Waals surface area contributed by atoms with Crippen LogP contribution in [0.3, 0.4) is 0 Å². The summed E-state index contributed by atoms with van der Waals surface area (Å²) in [5.74, 6) is 0.683. The van der Waals surface area contributed by atoms with E-state index in [0.29, 0.717) is 23.0 Å². The Kier molecular flexibility index (Phi) is 5.54. The van der Waals surface area contributed by atoms with E-state index in [1.165, 1.54) is 32.1 Å². The number of hydrogen-bond acceptors (Lipinski definition) is 3. The Bertz CT molecular complexity index is 479. The van der Waals surface area contributed by atoms with E-state index in [2.05, 4.69) is 28.2 Å². The average molecular weight is 341 g/mol. The lowest BCUT2D eigenvalue weighted by Gasteiger charge is -2.23. The average Bonchev–Trinajstić information content (AvgIpc) is 2.62. The highest BCUT2D eigenvalue weighted by molar-refractivity contribution is 9.10. The van der Waals surface area contributed by atoms with E-state index < -0.39 is 0 Å². The van der Waals surface area contributed by atoms with Crippen LogP contribution >= 0.6 is 15.9 Å². The van der Waals surface area contributed by atoms with Gasteiger partial charge in [-0.25, -0.2) is 0 Å². The molecule has 20 heavy (non-hydrogen) atoms. The Balaban J connectivity index is 1.99. The number of rotatable bonds is 4. The summed E-state index contributed by atoms with van der Waals surface area (Å²) in [5, 5.41) is 14.5. The van der Waals surface area contributed by atoms with Gasteiger partial charge in [0.25, 0.3) is 5.69 Å². The number of nitrogens with one attached hydrogen (secondary N) is 1. The van der Waals surface area contributed by atoms with Crippen molar-refractivity contribution in [2.24, 2.45) is 5.92 Å². The quantitative estimate of drug-likeness (QED) is 0.501. The molecule has 0 amide bonds. The van der Waals surface area contributed by atoms with Crippen molar-refractivity contribution >= 4 is 21.6 Å². The van der Waals surface area contributed by atoms with Crippen molar-refractivity contribution in [3.8, 4) is 0 Å². The minimum atomic E-state index is -0.345. The first-order valence-electron chi connectivity index (χ1n) is 7.24. The molecule has 2 unspecified atom stereocenters. The smallest absolute Gasteiger partial charge is 0.283 e. The second-order valence-corrected chi connectivity index (χ2v) is 6.50. The number of nitro benzene ring substituents is 1. The molecule has 0 heterocycles. The molecule has 1 N–H and O–H groups in total. The van der Waals surface area contributed by atoms with Crippen LogP contribution in [0.2, 0.25) is 0 Å². The first-order chi connectivity index (χ1) is 9.58. The maximum Gasteiger partial charge on any atom is 0.283 e. The van der Waals surface area contributed by atoms with E-state index in [-0.39, 0.29) is 10.6 Å². The SMILES string of the molecule is CC1CCCCCC1NCc1ccc(Br)c([N+](=O)[O-])c1. The largest absolute Gasteiger partial charge is 0.310 e. The molecule has 110 valence electrons. The molecule has 4 nitrogen and oxygen atoms in total. The zero-order chi connectivity index (χ0) is 14.5. The fourth-order valence-corrected chi connectivity index (χ4v) is 3.24. The first-order valence-corrected chi connectivity index (χ1v) is 8.03. The van der Waals surface area contributed by atoms with Crippen LogP contribution in [0.4, 0.5) is 5.69 Å². The molecule has 1 aliphatic carbocycles. The van der Waals surface area contributed by atoms with Gasteiger partial charge in [-0.3, -0.25) is 10.1 Å². The van der Waals surface area contributed by atoms with E-state index in [0.717, 1.165) is 5.56 Å². The topological polar surface area (TPSA) is 55.2 Å². The van der Waals surface area contributed by atoms with Crippen LogP contribution in [-0.2, 0) is 6.54 Å². The number of nitro groups is 1. The predicted molar refractivity (Wildman–Crippen MR) is 83.7 cm³/mol. The molecule has 0 spiro atoms. The summed E-state index contributed by atoms with van der Waals surface area (Å²) < 4.78 is 0.536. The van der Waals surface area contributed by atoms with Crippen LogP contribution in [0.5, 0.6) is 0 Å². The van der Waals surface area contributed by atoms with Crippen molar-refractivity contribution < 1.29 is 4.92 Å². The Hall–Kier alpha value is -0.940. The molecule has 1 aliphatic rings. The summed E-state index contributed by atoms with van der Waals surface area (Å²) in [6, 6.07) is 5.87. The van der Waals surface area contributed by atoms with Gasteiger partial charge < -0.3 is 5.32 Å². The molecule has 2 atom stereocenters. The van der Waals surface area contributed by atoms with Crippen molar-refractivity contribution in [1.82, 2.24) is 5.32 Å². The second kappa shape index (κ2) is 7.18. The van der Waals surface area contributed by atoms with E-state index in [9.17, 15) is 10.1 Å². The number of nitrogens with zero attached hydrogens (tertiary/aromatic N) is 1. The molecular formula is C15H21BrN2O2. The van der Waals surface area contributed by atoms with Crippen LogP contribution in [-0.4, -0.2) is 11.0 Å². The summed E-state index contributed by atoms with van der Waals surface area (Å²) in [5.41, 5.74) is 1.11. The third kappa shape index (κ3) is 4.03. The Labute approximate surface area is 128 Å². The fraction of sp³-hybridized carbons (Fsp3) is 0.600.